The molecule has 0 aliphatic rings. The van der Waals surface area contributed by atoms with Crippen LogP contribution in [0.1, 0.15) is 25.8 Å². The molecular weight excluding hydrogens is 360 g/mol. The lowest BCUT2D eigenvalue weighted by molar-refractivity contribution is -0.119. The highest BCUT2D eigenvalue weighted by Gasteiger charge is 2.26. The van der Waals surface area contributed by atoms with Gasteiger partial charge in [0.2, 0.25) is 5.91 Å². The van der Waals surface area contributed by atoms with E-state index >= 15 is 0 Å². The average molecular weight is 387 g/mol. The van der Waals surface area contributed by atoms with Gasteiger partial charge in [0.05, 0.1) is 0 Å². The Morgan fingerprint density at radius 3 is 2.52 bits per heavy atom. The van der Waals surface area contributed by atoms with Crippen molar-refractivity contribution in [2.24, 2.45) is 5.92 Å². The lowest BCUT2D eigenvalue weighted by atomic mass is 9.98. The van der Waals surface area contributed by atoms with Crippen molar-refractivity contribution in [3.05, 3.63) is 60.2 Å². The molecule has 5 nitrogen and oxygen atoms in total. The van der Waals surface area contributed by atoms with Gasteiger partial charge in [-0.3, -0.25) is 4.79 Å². The Morgan fingerprint density at radius 2 is 1.85 bits per heavy atom. The SMILES string of the molecule is CCC(C)C(NC(=O)OCc1ccccc1)C(=O)Nc1cccc(SC)c1. The maximum Gasteiger partial charge on any atom is 0.408 e. The van der Waals surface area contributed by atoms with Gasteiger partial charge in [-0.25, -0.2) is 4.79 Å². The number of anilines is 1. The Labute approximate surface area is 164 Å². The normalized spacial score (nSPS) is 12.7. The summed E-state index contributed by atoms with van der Waals surface area (Å²) in [6, 6.07) is 16.4. The van der Waals surface area contributed by atoms with Crippen LogP contribution in [-0.2, 0) is 16.1 Å². The van der Waals surface area contributed by atoms with Crippen molar-refractivity contribution in [3.8, 4) is 0 Å². The molecule has 0 saturated heterocycles. The van der Waals surface area contributed by atoms with Crippen LogP contribution < -0.4 is 10.6 Å². The number of nitrogens with one attached hydrogen (secondary N) is 2. The predicted octanol–water partition coefficient (Wildman–Crippen LogP) is 4.69. The molecule has 0 aliphatic heterocycles. The second kappa shape index (κ2) is 10.6. The summed E-state index contributed by atoms with van der Waals surface area (Å²) >= 11 is 1.60. The Bertz CT molecular complexity index is 752. The van der Waals surface area contributed by atoms with Gasteiger partial charge in [0.15, 0.2) is 0 Å². The predicted molar refractivity (Wildman–Crippen MR) is 110 cm³/mol. The van der Waals surface area contributed by atoms with Crippen LogP contribution in [0.3, 0.4) is 0 Å². The Kier molecular flexibility index (Phi) is 8.20. The van der Waals surface area contributed by atoms with E-state index in [2.05, 4.69) is 10.6 Å². The Balaban J connectivity index is 1.98. The highest BCUT2D eigenvalue weighted by molar-refractivity contribution is 7.98. The highest BCUT2D eigenvalue weighted by atomic mass is 32.2. The molecule has 6 heteroatoms. The first-order chi connectivity index (χ1) is 13.0. The number of alkyl carbamates (subject to hydrolysis) is 1. The van der Waals surface area contributed by atoms with Crippen molar-refractivity contribution < 1.29 is 14.3 Å². The summed E-state index contributed by atoms with van der Waals surface area (Å²) in [6.45, 7) is 4.08. The number of rotatable bonds is 8. The van der Waals surface area contributed by atoms with Crippen LogP contribution in [0.15, 0.2) is 59.5 Å². The second-order valence-electron chi connectivity index (χ2n) is 6.29. The molecule has 2 aromatic carbocycles. The third kappa shape index (κ3) is 6.64. The fraction of sp³-hybridized carbons (Fsp3) is 0.333. The zero-order valence-electron chi connectivity index (χ0n) is 15.9. The topological polar surface area (TPSA) is 67.4 Å². The lowest BCUT2D eigenvalue weighted by Crippen LogP contribution is -2.47. The van der Waals surface area contributed by atoms with Crippen LogP contribution in [0.25, 0.3) is 0 Å². The van der Waals surface area contributed by atoms with E-state index in [1.807, 2.05) is 74.7 Å². The molecule has 2 atom stereocenters. The summed E-state index contributed by atoms with van der Waals surface area (Å²) < 4.78 is 5.26. The standard InChI is InChI=1S/C21H26N2O3S/c1-4-15(2)19(20(24)22-17-11-8-12-18(13-17)27-3)23-21(25)26-14-16-9-6-5-7-10-16/h5-13,15,19H,4,14H2,1-3H3,(H,22,24)(H,23,25). The minimum Gasteiger partial charge on any atom is -0.445 e. The molecule has 2 amide bonds. The molecule has 0 aromatic heterocycles. The number of hydrogen-bond acceptors (Lipinski definition) is 4. The van der Waals surface area contributed by atoms with Gasteiger partial charge in [-0.15, -0.1) is 11.8 Å². The van der Waals surface area contributed by atoms with Crippen LogP contribution >= 0.6 is 11.8 Å². The minimum atomic E-state index is -0.670. The molecule has 0 saturated carbocycles. The third-order valence-corrected chi connectivity index (χ3v) is 5.04. The Morgan fingerprint density at radius 1 is 1.11 bits per heavy atom. The van der Waals surface area contributed by atoms with E-state index in [9.17, 15) is 9.59 Å². The largest absolute Gasteiger partial charge is 0.445 e. The van der Waals surface area contributed by atoms with Gasteiger partial charge in [0.1, 0.15) is 12.6 Å². The molecule has 0 radical (unpaired) electrons. The van der Waals surface area contributed by atoms with E-state index < -0.39 is 12.1 Å². The number of hydrogen-bond donors (Lipinski definition) is 2. The van der Waals surface area contributed by atoms with Gasteiger partial charge in [-0.2, -0.15) is 0 Å². The maximum atomic E-state index is 12.7. The lowest BCUT2D eigenvalue weighted by Gasteiger charge is -2.23. The first-order valence-electron chi connectivity index (χ1n) is 8.95. The van der Waals surface area contributed by atoms with Crippen molar-refractivity contribution in [2.45, 2.75) is 37.8 Å². The number of carbonyl (C=O) groups is 2. The number of amides is 2. The Hall–Kier alpha value is -2.47. The zero-order valence-corrected chi connectivity index (χ0v) is 16.7. The highest BCUT2D eigenvalue weighted by Crippen LogP contribution is 2.20. The van der Waals surface area contributed by atoms with Crippen LogP contribution in [0.2, 0.25) is 0 Å². The number of thioether (sulfide) groups is 1. The summed E-state index contributed by atoms with van der Waals surface area (Å²) in [5.41, 5.74) is 1.60. The van der Waals surface area contributed by atoms with Gasteiger partial charge < -0.3 is 15.4 Å². The molecular formula is C21H26N2O3S. The molecule has 0 heterocycles. The molecule has 2 aromatic rings. The summed E-state index contributed by atoms with van der Waals surface area (Å²) in [5, 5.41) is 5.60. The minimum absolute atomic E-state index is 0.0296. The van der Waals surface area contributed by atoms with E-state index in [4.69, 9.17) is 4.74 Å². The van der Waals surface area contributed by atoms with Gasteiger partial charge in [-0.05, 0) is 35.9 Å². The van der Waals surface area contributed by atoms with E-state index in [0.717, 1.165) is 16.9 Å². The quantitative estimate of drug-likeness (QED) is 0.646. The fourth-order valence-corrected chi connectivity index (χ4v) is 2.97. The van der Waals surface area contributed by atoms with E-state index in [1.165, 1.54) is 0 Å². The molecule has 0 aliphatic carbocycles. The van der Waals surface area contributed by atoms with Crippen molar-refractivity contribution in [1.29, 1.82) is 0 Å². The maximum absolute atomic E-state index is 12.7. The average Bonchev–Trinajstić information content (AvgIpc) is 2.70. The molecule has 2 rings (SSSR count). The van der Waals surface area contributed by atoms with Gasteiger partial charge >= 0.3 is 6.09 Å². The zero-order chi connectivity index (χ0) is 19.6. The molecule has 2 N–H and O–H groups in total. The van der Waals surface area contributed by atoms with Crippen molar-refractivity contribution in [2.75, 3.05) is 11.6 Å². The van der Waals surface area contributed by atoms with Gasteiger partial charge in [0, 0.05) is 10.6 Å². The summed E-state index contributed by atoms with van der Waals surface area (Å²) in [4.78, 5) is 26.0. The molecule has 0 spiro atoms. The molecule has 27 heavy (non-hydrogen) atoms. The van der Waals surface area contributed by atoms with E-state index in [0.29, 0.717) is 5.69 Å². The van der Waals surface area contributed by atoms with Crippen molar-refractivity contribution in [3.63, 3.8) is 0 Å². The summed E-state index contributed by atoms with van der Waals surface area (Å²) in [5.74, 6) is -0.280. The number of carbonyl (C=O) groups excluding carboxylic acids is 2. The van der Waals surface area contributed by atoms with E-state index in [1.54, 1.807) is 11.8 Å². The second-order valence-corrected chi connectivity index (χ2v) is 7.17. The van der Waals surface area contributed by atoms with Gasteiger partial charge in [-0.1, -0.05) is 56.7 Å². The summed E-state index contributed by atoms with van der Waals surface area (Å²) in [7, 11) is 0. The van der Waals surface area contributed by atoms with Crippen LogP contribution in [0, 0.1) is 5.92 Å². The number of ether oxygens (including phenoxy) is 1. The first-order valence-corrected chi connectivity index (χ1v) is 10.2. The van der Waals surface area contributed by atoms with Crippen molar-refractivity contribution >= 4 is 29.4 Å². The monoisotopic (exact) mass is 386 g/mol. The molecule has 0 bridgehead atoms. The van der Waals surface area contributed by atoms with Crippen molar-refractivity contribution in [1.82, 2.24) is 5.32 Å². The third-order valence-electron chi connectivity index (χ3n) is 4.32. The molecule has 0 fully saturated rings. The molecule has 144 valence electrons. The fourth-order valence-electron chi connectivity index (χ4n) is 2.51. The molecule has 2 unspecified atom stereocenters. The van der Waals surface area contributed by atoms with Crippen LogP contribution in [0.5, 0.6) is 0 Å². The van der Waals surface area contributed by atoms with Crippen LogP contribution in [-0.4, -0.2) is 24.3 Å². The summed E-state index contributed by atoms with van der Waals surface area (Å²) in [6.07, 6.45) is 2.13. The van der Waals surface area contributed by atoms with Gasteiger partial charge in [0.25, 0.3) is 0 Å². The van der Waals surface area contributed by atoms with Crippen LogP contribution in [0.4, 0.5) is 10.5 Å². The smallest absolute Gasteiger partial charge is 0.408 e. The first kappa shape index (κ1) is 20.8. The van der Waals surface area contributed by atoms with E-state index in [-0.39, 0.29) is 18.4 Å². The number of benzene rings is 2.